The van der Waals surface area contributed by atoms with Gasteiger partial charge in [0.25, 0.3) is 0 Å². The summed E-state index contributed by atoms with van der Waals surface area (Å²) in [5.74, 6) is -2.97. The number of carbonyl (C=O) groups excluding carboxylic acids is 2. The average molecular weight is 336 g/mol. The minimum Gasteiger partial charge on any atom is -0.478 e. The van der Waals surface area contributed by atoms with Crippen molar-refractivity contribution in [3.05, 3.63) is 48.0 Å². The molecule has 0 saturated heterocycles. The number of carbonyl (C=O) groups is 3. The first-order valence-electron chi connectivity index (χ1n) is 7.20. The fourth-order valence-electron chi connectivity index (χ4n) is 1.95. The molecular formula is C17H20O7. The van der Waals surface area contributed by atoms with Crippen molar-refractivity contribution in [2.75, 3.05) is 0 Å². The number of benzene rings is 1. The molecule has 0 aromatic heterocycles. The molecule has 0 aliphatic carbocycles. The van der Waals surface area contributed by atoms with E-state index >= 15 is 0 Å². The number of carboxylic acids is 1. The zero-order valence-electron chi connectivity index (χ0n) is 13.7. The molecule has 1 aromatic rings. The molecule has 0 aliphatic rings. The zero-order valence-corrected chi connectivity index (χ0v) is 13.7. The lowest BCUT2D eigenvalue weighted by atomic mass is 9.93. The number of esters is 2. The molecular weight excluding hydrogens is 316 g/mol. The van der Waals surface area contributed by atoms with E-state index in [2.05, 4.69) is 6.58 Å². The Kier molecular flexibility index (Phi) is 6.25. The number of aromatic carboxylic acids is 1. The Morgan fingerprint density at radius 1 is 1.21 bits per heavy atom. The number of aliphatic hydroxyl groups excluding tert-OH is 1. The molecule has 130 valence electrons. The highest BCUT2D eigenvalue weighted by Crippen LogP contribution is 2.26. The molecule has 0 spiro atoms. The van der Waals surface area contributed by atoms with Crippen LogP contribution in [0.25, 0.3) is 0 Å². The summed E-state index contributed by atoms with van der Waals surface area (Å²) in [6.07, 6.45) is -1.24. The molecule has 0 aliphatic heterocycles. The molecule has 1 aromatic carbocycles. The van der Waals surface area contributed by atoms with Gasteiger partial charge in [-0.25, -0.2) is 14.4 Å². The highest BCUT2D eigenvalue weighted by atomic mass is 16.6. The van der Waals surface area contributed by atoms with Gasteiger partial charge in [-0.3, -0.25) is 0 Å². The van der Waals surface area contributed by atoms with Crippen LogP contribution in [0.1, 0.15) is 41.5 Å². The van der Waals surface area contributed by atoms with Crippen molar-refractivity contribution < 1.29 is 34.1 Å². The summed E-state index contributed by atoms with van der Waals surface area (Å²) in [4.78, 5) is 34.9. The van der Waals surface area contributed by atoms with E-state index in [1.165, 1.54) is 45.0 Å². The summed E-state index contributed by atoms with van der Waals surface area (Å²) >= 11 is 0. The standard InChI is InChI=1S/C17H20O7/c1-5-14(19)23-11(3)17(4,10(2)18)24-16(22)13-9-7-6-8-12(13)15(20)21/h5-11,18H,1H2,2-4H3,(H,20,21). The lowest BCUT2D eigenvalue weighted by Gasteiger charge is -2.36. The first kappa shape index (κ1) is 19.4. The zero-order chi connectivity index (χ0) is 18.5. The maximum atomic E-state index is 12.4. The largest absolute Gasteiger partial charge is 0.478 e. The van der Waals surface area contributed by atoms with Crippen molar-refractivity contribution in [1.29, 1.82) is 0 Å². The average Bonchev–Trinajstić information content (AvgIpc) is 2.53. The lowest BCUT2D eigenvalue weighted by molar-refractivity contribution is -0.169. The van der Waals surface area contributed by atoms with E-state index in [1.807, 2.05) is 0 Å². The summed E-state index contributed by atoms with van der Waals surface area (Å²) in [5, 5.41) is 19.1. The Hall–Kier alpha value is -2.67. The number of hydrogen-bond donors (Lipinski definition) is 2. The van der Waals surface area contributed by atoms with Crippen LogP contribution in [0.5, 0.6) is 0 Å². The Morgan fingerprint density at radius 3 is 2.21 bits per heavy atom. The Balaban J connectivity index is 3.13. The van der Waals surface area contributed by atoms with Gasteiger partial charge in [-0.15, -0.1) is 0 Å². The van der Waals surface area contributed by atoms with E-state index in [1.54, 1.807) is 0 Å². The highest BCUT2D eigenvalue weighted by molar-refractivity contribution is 6.02. The van der Waals surface area contributed by atoms with E-state index in [0.717, 1.165) is 6.08 Å². The Bertz CT molecular complexity index is 650. The second-order valence-electron chi connectivity index (χ2n) is 5.38. The van der Waals surface area contributed by atoms with Crippen LogP contribution < -0.4 is 0 Å². The maximum absolute atomic E-state index is 12.4. The molecule has 7 nitrogen and oxygen atoms in total. The van der Waals surface area contributed by atoms with Crippen LogP contribution >= 0.6 is 0 Å². The second-order valence-corrected chi connectivity index (χ2v) is 5.38. The van der Waals surface area contributed by atoms with Crippen LogP contribution in [0.15, 0.2) is 36.9 Å². The minimum atomic E-state index is -1.58. The second kappa shape index (κ2) is 7.74. The SMILES string of the molecule is C=CC(=O)OC(C)C(C)(OC(=O)c1ccccc1C(=O)O)C(C)O. The molecule has 24 heavy (non-hydrogen) atoms. The topological polar surface area (TPSA) is 110 Å². The molecule has 3 unspecified atom stereocenters. The normalized spacial score (nSPS) is 15.5. The van der Waals surface area contributed by atoms with Crippen LogP contribution in [-0.2, 0) is 14.3 Å². The van der Waals surface area contributed by atoms with Crippen molar-refractivity contribution in [3.63, 3.8) is 0 Å². The molecule has 7 heteroatoms. The first-order valence-corrected chi connectivity index (χ1v) is 7.20. The van der Waals surface area contributed by atoms with E-state index in [4.69, 9.17) is 14.6 Å². The van der Waals surface area contributed by atoms with Crippen LogP contribution in [0.4, 0.5) is 0 Å². The van der Waals surface area contributed by atoms with Gasteiger partial charge < -0.3 is 19.7 Å². The van der Waals surface area contributed by atoms with E-state index in [9.17, 15) is 19.5 Å². The number of rotatable bonds is 7. The van der Waals surface area contributed by atoms with Gasteiger partial charge in [-0.2, -0.15) is 0 Å². The smallest absolute Gasteiger partial charge is 0.339 e. The van der Waals surface area contributed by atoms with Gasteiger partial charge in [0.1, 0.15) is 6.10 Å². The van der Waals surface area contributed by atoms with Gasteiger partial charge in [-0.1, -0.05) is 18.7 Å². The van der Waals surface area contributed by atoms with Gasteiger partial charge in [0.05, 0.1) is 17.2 Å². The van der Waals surface area contributed by atoms with E-state index < -0.39 is 35.7 Å². The van der Waals surface area contributed by atoms with Crippen molar-refractivity contribution in [2.45, 2.75) is 38.6 Å². The molecule has 0 bridgehead atoms. The third-order valence-electron chi connectivity index (χ3n) is 3.79. The van der Waals surface area contributed by atoms with Gasteiger partial charge in [-0.05, 0) is 32.9 Å². The van der Waals surface area contributed by atoms with Gasteiger partial charge in [0, 0.05) is 6.08 Å². The summed E-state index contributed by atoms with van der Waals surface area (Å²) in [7, 11) is 0. The summed E-state index contributed by atoms with van der Waals surface area (Å²) in [6, 6.07) is 5.53. The Morgan fingerprint density at radius 2 is 1.75 bits per heavy atom. The van der Waals surface area contributed by atoms with Crippen molar-refractivity contribution in [3.8, 4) is 0 Å². The third kappa shape index (κ3) is 4.20. The summed E-state index contributed by atoms with van der Waals surface area (Å²) in [6.45, 7) is 7.48. The van der Waals surface area contributed by atoms with Gasteiger partial charge in [0.15, 0.2) is 5.60 Å². The number of ether oxygens (including phenoxy) is 2. The van der Waals surface area contributed by atoms with E-state index in [-0.39, 0.29) is 11.1 Å². The molecule has 1 rings (SSSR count). The molecule has 0 radical (unpaired) electrons. The molecule has 2 N–H and O–H groups in total. The quantitative estimate of drug-likeness (QED) is 0.577. The maximum Gasteiger partial charge on any atom is 0.339 e. The number of carboxylic acid groups (broad SMARTS) is 1. The van der Waals surface area contributed by atoms with Crippen LogP contribution in [0.3, 0.4) is 0 Å². The number of aliphatic hydroxyl groups is 1. The summed E-state index contributed by atoms with van der Waals surface area (Å²) in [5.41, 5.74) is -1.98. The molecule has 0 heterocycles. The Labute approximate surface area is 139 Å². The van der Waals surface area contributed by atoms with Crippen molar-refractivity contribution in [2.24, 2.45) is 0 Å². The predicted molar refractivity (Wildman–Crippen MR) is 84.7 cm³/mol. The predicted octanol–water partition coefficient (Wildman–Crippen LogP) is 1.80. The summed E-state index contributed by atoms with van der Waals surface area (Å²) < 4.78 is 10.3. The van der Waals surface area contributed by atoms with Crippen LogP contribution in [0, 0.1) is 0 Å². The first-order chi connectivity index (χ1) is 11.1. The fourth-order valence-corrected chi connectivity index (χ4v) is 1.95. The highest BCUT2D eigenvalue weighted by Gasteiger charge is 2.43. The van der Waals surface area contributed by atoms with E-state index in [0.29, 0.717) is 0 Å². The van der Waals surface area contributed by atoms with Crippen LogP contribution in [-0.4, -0.2) is 45.9 Å². The monoisotopic (exact) mass is 336 g/mol. The van der Waals surface area contributed by atoms with Crippen molar-refractivity contribution in [1.82, 2.24) is 0 Å². The van der Waals surface area contributed by atoms with Gasteiger partial charge >= 0.3 is 17.9 Å². The lowest BCUT2D eigenvalue weighted by Crippen LogP contribution is -2.52. The third-order valence-corrected chi connectivity index (χ3v) is 3.79. The molecule has 0 amide bonds. The van der Waals surface area contributed by atoms with Crippen molar-refractivity contribution >= 4 is 17.9 Å². The van der Waals surface area contributed by atoms with Gasteiger partial charge in [0.2, 0.25) is 0 Å². The molecule has 3 atom stereocenters. The minimum absolute atomic E-state index is 0.167. The molecule has 0 fully saturated rings. The fraction of sp³-hybridized carbons (Fsp3) is 0.353. The van der Waals surface area contributed by atoms with Crippen LogP contribution in [0.2, 0.25) is 0 Å². The molecule has 0 saturated carbocycles. The number of hydrogen-bond acceptors (Lipinski definition) is 6.